The summed E-state index contributed by atoms with van der Waals surface area (Å²) in [7, 11) is 0. The number of rotatable bonds is 2. The Labute approximate surface area is 141 Å². The molecule has 1 rings (SSSR count). The zero-order valence-electron chi connectivity index (χ0n) is 10.7. The molecule has 0 saturated carbocycles. The fourth-order valence-electron chi connectivity index (χ4n) is 1.23. The number of anilines is 1. The third-order valence-electron chi connectivity index (χ3n) is 2.16. The van der Waals surface area contributed by atoms with Crippen LogP contribution in [0, 0.1) is 11.3 Å². The van der Waals surface area contributed by atoms with Crippen molar-refractivity contribution in [3.63, 3.8) is 0 Å². The summed E-state index contributed by atoms with van der Waals surface area (Å²) in [5.74, 6) is -0.507. The van der Waals surface area contributed by atoms with Gasteiger partial charge in [0, 0.05) is 5.69 Å². The van der Waals surface area contributed by atoms with Gasteiger partial charge in [0.1, 0.15) is 11.1 Å². The SMILES string of the molecule is C/C([O-])=C(\C#N)C(=S)Nc1ccc(C(F)(F)F)cc1.[Na+]. The van der Waals surface area contributed by atoms with E-state index in [0.717, 1.165) is 12.1 Å². The Balaban J connectivity index is 0.00000361. The molecular formula is C12H8F3N2NaOS. The van der Waals surface area contributed by atoms with E-state index in [0.29, 0.717) is 0 Å². The number of hydrogen-bond donors (Lipinski definition) is 1. The zero-order valence-corrected chi connectivity index (χ0v) is 13.5. The van der Waals surface area contributed by atoms with Gasteiger partial charge in [-0.25, -0.2) is 0 Å². The van der Waals surface area contributed by atoms with Crippen molar-refractivity contribution in [3.8, 4) is 6.07 Å². The molecule has 0 aliphatic carbocycles. The van der Waals surface area contributed by atoms with Gasteiger partial charge in [0.25, 0.3) is 0 Å². The number of thiocarbonyl (C=S) groups is 1. The molecule has 0 amide bonds. The van der Waals surface area contributed by atoms with Gasteiger partial charge in [-0.1, -0.05) is 19.1 Å². The molecular weight excluding hydrogens is 300 g/mol. The Hall–Kier alpha value is -1.07. The van der Waals surface area contributed by atoms with Crippen LogP contribution in [0.25, 0.3) is 0 Å². The number of benzene rings is 1. The van der Waals surface area contributed by atoms with E-state index in [-0.39, 0.29) is 45.8 Å². The second kappa shape index (κ2) is 7.64. The summed E-state index contributed by atoms with van der Waals surface area (Å²) in [6.07, 6.45) is -4.41. The number of nitrogens with zero attached hydrogens (tertiary/aromatic N) is 1. The molecule has 0 unspecified atom stereocenters. The minimum absolute atomic E-state index is 0. The fourth-order valence-corrected chi connectivity index (χ4v) is 1.53. The molecule has 0 atom stereocenters. The van der Waals surface area contributed by atoms with Crippen molar-refractivity contribution in [2.45, 2.75) is 13.1 Å². The van der Waals surface area contributed by atoms with Crippen molar-refractivity contribution >= 4 is 22.9 Å². The summed E-state index contributed by atoms with van der Waals surface area (Å²) in [6.45, 7) is 1.18. The molecule has 1 aromatic rings. The van der Waals surface area contributed by atoms with E-state index in [4.69, 9.17) is 17.5 Å². The van der Waals surface area contributed by atoms with E-state index in [1.54, 1.807) is 6.07 Å². The van der Waals surface area contributed by atoms with Gasteiger partial charge in [-0.15, -0.1) is 5.76 Å². The molecule has 8 heteroatoms. The van der Waals surface area contributed by atoms with Crippen LogP contribution in [0.4, 0.5) is 18.9 Å². The van der Waals surface area contributed by atoms with Crippen molar-refractivity contribution in [1.82, 2.24) is 0 Å². The third-order valence-corrected chi connectivity index (χ3v) is 2.47. The Morgan fingerprint density at radius 1 is 1.30 bits per heavy atom. The number of nitriles is 1. The molecule has 3 nitrogen and oxygen atoms in total. The summed E-state index contributed by atoms with van der Waals surface area (Å²) in [6, 6.07) is 5.74. The van der Waals surface area contributed by atoms with Crippen molar-refractivity contribution in [2.75, 3.05) is 5.32 Å². The monoisotopic (exact) mass is 308 g/mol. The molecule has 0 radical (unpaired) electrons. The number of hydrogen-bond acceptors (Lipinski definition) is 3. The first-order chi connectivity index (χ1) is 8.75. The molecule has 0 aliphatic heterocycles. The normalized spacial score (nSPS) is 11.8. The van der Waals surface area contributed by atoms with E-state index < -0.39 is 17.5 Å². The van der Waals surface area contributed by atoms with Crippen LogP contribution in [0.5, 0.6) is 0 Å². The maximum absolute atomic E-state index is 12.3. The summed E-state index contributed by atoms with van der Waals surface area (Å²) < 4.78 is 37.0. The number of allylic oxidation sites excluding steroid dienone is 1. The molecule has 0 fully saturated rings. The molecule has 100 valence electrons. The van der Waals surface area contributed by atoms with Crippen LogP contribution in [0.2, 0.25) is 0 Å². The van der Waals surface area contributed by atoms with E-state index in [1.165, 1.54) is 19.1 Å². The van der Waals surface area contributed by atoms with Crippen LogP contribution in [0.3, 0.4) is 0 Å². The van der Waals surface area contributed by atoms with Crippen LogP contribution in [-0.4, -0.2) is 4.99 Å². The van der Waals surface area contributed by atoms with Crippen molar-refractivity contribution in [1.29, 1.82) is 5.26 Å². The van der Waals surface area contributed by atoms with Gasteiger partial charge in [0.15, 0.2) is 0 Å². The molecule has 0 saturated heterocycles. The molecule has 1 N–H and O–H groups in total. The first-order valence-electron chi connectivity index (χ1n) is 5.02. The minimum Gasteiger partial charge on any atom is -0.875 e. The van der Waals surface area contributed by atoms with Crippen molar-refractivity contribution in [3.05, 3.63) is 41.2 Å². The van der Waals surface area contributed by atoms with E-state index in [2.05, 4.69) is 5.32 Å². The predicted molar refractivity (Wildman–Crippen MR) is 66.0 cm³/mol. The third kappa shape index (κ3) is 5.13. The van der Waals surface area contributed by atoms with Gasteiger partial charge < -0.3 is 10.4 Å². The Bertz CT molecular complexity index is 558. The van der Waals surface area contributed by atoms with Crippen LogP contribution in [0.15, 0.2) is 35.6 Å². The van der Waals surface area contributed by atoms with Crippen molar-refractivity contribution in [2.24, 2.45) is 0 Å². The molecule has 20 heavy (non-hydrogen) atoms. The van der Waals surface area contributed by atoms with Gasteiger partial charge in [-0.2, -0.15) is 18.4 Å². The van der Waals surface area contributed by atoms with Gasteiger partial charge >= 0.3 is 35.7 Å². The molecule has 1 aromatic carbocycles. The second-order valence-electron chi connectivity index (χ2n) is 3.57. The fraction of sp³-hybridized carbons (Fsp3) is 0.167. The van der Waals surface area contributed by atoms with E-state index in [9.17, 15) is 18.3 Å². The van der Waals surface area contributed by atoms with Gasteiger partial charge in [0.05, 0.1) is 11.1 Å². The molecule has 0 bridgehead atoms. The quantitative estimate of drug-likeness (QED) is 0.266. The maximum atomic E-state index is 12.3. The average molecular weight is 308 g/mol. The van der Waals surface area contributed by atoms with Gasteiger partial charge in [-0.3, -0.25) is 0 Å². The van der Waals surface area contributed by atoms with E-state index >= 15 is 0 Å². The smallest absolute Gasteiger partial charge is 0.875 e. The zero-order chi connectivity index (χ0) is 14.6. The van der Waals surface area contributed by atoms with Gasteiger partial charge in [0.2, 0.25) is 0 Å². The molecule has 0 aliphatic rings. The largest absolute Gasteiger partial charge is 1.00 e. The first kappa shape index (κ1) is 18.9. The number of halogens is 3. The van der Waals surface area contributed by atoms with Crippen LogP contribution < -0.4 is 40.0 Å². The standard InChI is InChI=1S/C12H9F3N2OS.Na/c1-7(18)10(6-16)11(19)17-9-4-2-8(3-5-9)12(13,14)15;/h2-5,18H,1H3,(H,17,19);/q;+1/p-1/b10-7-;. The summed E-state index contributed by atoms with van der Waals surface area (Å²) in [5, 5.41) is 22.3. The van der Waals surface area contributed by atoms with Crippen LogP contribution in [-0.2, 0) is 6.18 Å². The van der Waals surface area contributed by atoms with Crippen LogP contribution >= 0.6 is 12.2 Å². The molecule has 0 aromatic heterocycles. The number of nitrogens with one attached hydrogen (secondary N) is 1. The minimum atomic E-state index is -4.41. The topological polar surface area (TPSA) is 58.9 Å². The second-order valence-corrected chi connectivity index (χ2v) is 3.98. The summed E-state index contributed by atoms with van der Waals surface area (Å²) >= 11 is 4.83. The Kier molecular flexibility index (Phi) is 7.23. The predicted octanol–water partition coefficient (Wildman–Crippen LogP) is -0.393. The van der Waals surface area contributed by atoms with Crippen LogP contribution in [0.1, 0.15) is 12.5 Å². The summed E-state index contributed by atoms with van der Waals surface area (Å²) in [5.41, 5.74) is -0.762. The maximum Gasteiger partial charge on any atom is 1.00 e. The van der Waals surface area contributed by atoms with E-state index in [1.807, 2.05) is 0 Å². The Morgan fingerprint density at radius 3 is 2.15 bits per heavy atom. The number of alkyl halides is 3. The molecule has 0 spiro atoms. The van der Waals surface area contributed by atoms with Gasteiger partial charge in [-0.05, 0) is 24.3 Å². The molecule has 0 heterocycles. The summed E-state index contributed by atoms with van der Waals surface area (Å²) in [4.78, 5) is -0.116. The first-order valence-corrected chi connectivity index (χ1v) is 5.43. The van der Waals surface area contributed by atoms with Crippen molar-refractivity contribution < 1.29 is 47.8 Å². The average Bonchev–Trinajstić information content (AvgIpc) is 2.28. The Morgan fingerprint density at radius 2 is 1.80 bits per heavy atom.